The molecule has 0 saturated carbocycles. The summed E-state index contributed by atoms with van der Waals surface area (Å²) in [6.07, 6.45) is 0. The van der Waals surface area contributed by atoms with E-state index in [4.69, 9.17) is 19.4 Å². The van der Waals surface area contributed by atoms with Gasteiger partial charge in [-0.05, 0) is 33.7 Å². The van der Waals surface area contributed by atoms with Crippen molar-refractivity contribution in [3.63, 3.8) is 0 Å². The monoisotopic (exact) mass is 358 g/mol. The summed E-state index contributed by atoms with van der Waals surface area (Å²) in [5, 5.41) is 26.4. The van der Waals surface area contributed by atoms with Gasteiger partial charge in [-0.15, -0.1) is 0 Å². The third kappa shape index (κ3) is 1.81. The molecule has 4 nitrogen and oxygen atoms in total. The van der Waals surface area contributed by atoms with E-state index in [-0.39, 0.29) is 0 Å². The lowest BCUT2D eigenvalue weighted by Crippen LogP contribution is -1.82. The molecule has 6 rings (SSSR count). The van der Waals surface area contributed by atoms with Crippen LogP contribution in [-0.2, 0) is 0 Å². The number of nitriles is 2. The molecular formula is C24H10N2O2. The van der Waals surface area contributed by atoms with Gasteiger partial charge in [0.05, 0.1) is 0 Å². The molecule has 0 aliphatic rings. The first-order chi connectivity index (χ1) is 13.8. The van der Waals surface area contributed by atoms with Crippen molar-refractivity contribution in [2.45, 2.75) is 0 Å². The highest BCUT2D eigenvalue weighted by Gasteiger charge is 2.13. The molecule has 2 heterocycles. The van der Waals surface area contributed by atoms with Crippen LogP contribution in [0.5, 0.6) is 0 Å². The highest BCUT2D eigenvalue weighted by Crippen LogP contribution is 2.38. The fraction of sp³-hybridized carbons (Fsp3) is 0. The first-order valence-electron chi connectivity index (χ1n) is 8.81. The zero-order chi connectivity index (χ0) is 18.8. The zero-order valence-electron chi connectivity index (χ0n) is 14.5. The van der Waals surface area contributed by atoms with Crippen LogP contribution >= 0.6 is 0 Å². The lowest BCUT2D eigenvalue weighted by atomic mass is 9.95. The molecule has 2 aromatic heterocycles. The Kier molecular flexibility index (Phi) is 2.72. The molecule has 0 amide bonds. The summed E-state index contributed by atoms with van der Waals surface area (Å²) in [6, 6.07) is 24.0. The predicted molar refractivity (Wildman–Crippen MR) is 108 cm³/mol. The Morgan fingerprint density at radius 1 is 0.500 bits per heavy atom. The van der Waals surface area contributed by atoms with Crippen LogP contribution in [0.25, 0.3) is 54.3 Å². The molecular weight excluding hydrogens is 348 g/mol. The number of hydrogen-bond donors (Lipinski definition) is 0. The molecule has 28 heavy (non-hydrogen) atoms. The average molecular weight is 358 g/mol. The molecule has 0 fully saturated rings. The van der Waals surface area contributed by atoms with Crippen LogP contribution in [-0.4, -0.2) is 0 Å². The van der Waals surface area contributed by atoms with Crippen molar-refractivity contribution in [1.82, 2.24) is 0 Å². The van der Waals surface area contributed by atoms with E-state index in [1.807, 2.05) is 24.3 Å². The Hall–Kier alpha value is -4.28. The van der Waals surface area contributed by atoms with Crippen molar-refractivity contribution in [1.29, 1.82) is 10.5 Å². The fourth-order valence-corrected chi connectivity index (χ4v) is 4.14. The standard InChI is InChI=1S/C24H10N2O2/c25-11-15-9-13-1-3-19-17-5-8-22-20(18(17)6-7-21(19)23(13)27-15)4-2-14-10-16(12-26)28-24(14)22/h1-10H. The summed E-state index contributed by atoms with van der Waals surface area (Å²) >= 11 is 0. The summed E-state index contributed by atoms with van der Waals surface area (Å²) in [6.45, 7) is 0. The molecule has 128 valence electrons. The maximum atomic E-state index is 9.13. The smallest absolute Gasteiger partial charge is 0.204 e. The topological polar surface area (TPSA) is 73.9 Å². The summed E-state index contributed by atoms with van der Waals surface area (Å²) in [4.78, 5) is 0. The lowest BCUT2D eigenvalue weighted by molar-refractivity contribution is 0.602. The van der Waals surface area contributed by atoms with Crippen molar-refractivity contribution in [3.05, 3.63) is 72.2 Å². The minimum atomic E-state index is 0.314. The van der Waals surface area contributed by atoms with E-state index in [1.54, 1.807) is 12.1 Å². The van der Waals surface area contributed by atoms with Crippen molar-refractivity contribution in [2.24, 2.45) is 0 Å². The second-order valence-electron chi connectivity index (χ2n) is 6.83. The Morgan fingerprint density at radius 3 is 1.29 bits per heavy atom. The molecule has 0 unspecified atom stereocenters. The van der Waals surface area contributed by atoms with Crippen LogP contribution in [0, 0.1) is 22.7 Å². The SMILES string of the molecule is N#Cc1cc2ccc3c4ccc5c(ccc6cc(C#N)oc65)c4ccc3c2o1. The van der Waals surface area contributed by atoms with E-state index < -0.39 is 0 Å². The molecule has 0 aliphatic carbocycles. The molecule has 0 atom stereocenters. The molecule has 6 aromatic rings. The van der Waals surface area contributed by atoms with Gasteiger partial charge < -0.3 is 8.83 Å². The molecule has 0 saturated heterocycles. The van der Waals surface area contributed by atoms with Gasteiger partial charge in [-0.3, -0.25) is 0 Å². The van der Waals surface area contributed by atoms with Crippen LogP contribution in [0.1, 0.15) is 11.5 Å². The first-order valence-corrected chi connectivity index (χ1v) is 8.81. The van der Waals surface area contributed by atoms with Gasteiger partial charge in [-0.1, -0.05) is 36.4 Å². The van der Waals surface area contributed by atoms with Gasteiger partial charge in [0.25, 0.3) is 0 Å². The van der Waals surface area contributed by atoms with E-state index in [0.717, 1.165) is 54.3 Å². The third-order valence-electron chi connectivity index (χ3n) is 5.37. The summed E-state index contributed by atoms with van der Waals surface area (Å²) in [5.41, 5.74) is 1.47. The van der Waals surface area contributed by atoms with E-state index in [2.05, 4.69) is 36.4 Å². The molecule has 4 heteroatoms. The fourth-order valence-electron chi connectivity index (χ4n) is 4.14. The van der Waals surface area contributed by atoms with Gasteiger partial charge >= 0.3 is 0 Å². The number of nitrogens with zero attached hydrogens (tertiary/aromatic N) is 2. The van der Waals surface area contributed by atoms with Crippen LogP contribution < -0.4 is 0 Å². The molecule has 0 radical (unpaired) electrons. The third-order valence-corrected chi connectivity index (χ3v) is 5.37. The van der Waals surface area contributed by atoms with E-state index >= 15 is 0 Å². The Bertz CT molecular complexity index is 1560. The highest BCUT2D eigenvalue weighted by molar-refractivity contribution is 6.23. The number of hydrogen-bond acceptors (Lipinski definition) is 4. The molecule has 4 aromatic carbocycles. The van der Waals surface area contributed by atoms with Crippen molar-refractivity contribution >= 4 is 54.3 Å². The normalized spacial score (nSPS) is 11.5. The van der Waals surface area contributed by atoms with E-state index in [0.29, 0.717) is 11.5 Å². The summed E-state index contributed by atoms with van der Waals surface area (Å²) < 4.78 is 11.5. The Balaban J connectivity index is 1.76. The second-order valence-corrected chi connectivity index (χ2v) is 6.83. The average Bonchev–Trinajstić information content (AvgIpc) is 3.36. The molecule has 0 bridgehead atoms. The minimum Gasteiger partial charge on any atom is -0.445 e. The second kappa shape index (κ2) is 5.13. The van der Waals surface area contributed by atoms with Crippen LogP contribution in [0.4, 0.5) is 0 Å². The van der Waals surface area contributed by atoms with Crippen LogP contribution in [0.3, 0.4) is 0 Å². The van der Waals surface area contributed by atoms with E-state index in [9.17, 15) is 0 Å². The van der Waals surface area contributed by atoms with Gasteiger partial charge in [0.15, 0.2) is 0 Å². The van der Waals surface area contributed by atoms with Gasteiger partial charge in [-0.25, -0.2) is 0 Å². The van der Waals surface area contributed by atoms with Crippen molar-refractivity contribution < 1.29 is 8.83 Å². The van der Waals surface area contributed by atoms with Crippen molar-refractivity contribution in [2.75, 3.05) is 0 Å². The maximum Gasteiger partial charge on any atom is 0.204 e. The van der Waals surface area contributed by atoms with Gasteiger partial charge in [0.2, 0.25) is 11.5 Å². The van der Waals surface area contributed by atoms with Crippen LogP contribution in [0.15, 0.2) is 69.5 Å². The number of fused-ring (bicyclic) bond motifs is 9. The Labute approximate surface area is 158 Å². The highest BCUT2D eigenvalue weighted by atomic mass is 16.3. The molecule has 0 spiro atoms. The van der Waals surface area contributed by atoms with Gasteiger partial charge in [0, 0.05) is 33.7 Å². The summed E-state index contributed by atoms with van der Waals surface area (Å²) in [7, 11) is 0. The first kappa shape index (κ1) is 14.8. The van der Waals surface area contributed by atoms with Gasteiger partial charge in [0.1, 0.15) is 23.3 Å². The van der Waals surface area contributed by atoms with Crippen LogP contribution in [0.2, 0.25) is 0 Å². The minimum absolute atomic E-state index is 0.314. The summed E-state index contributed by atoms with van der Waals surface area (Å²) in [5.74, 6) is 0.629. The predicted octanol–water partition coefficient (Wildman–Crippen LogP) is 6.38. The zero-order valence-corrected chi connectivity index (χ0v) is 14.5. The molecule has 0 N–H and O–H groups in total. The quantitative estimate of drug-likeness (QED) is 0.295. The number of furan rings is 2. The maximum absolute atomic E-state index is 9.13. The lowest BCUT2D eigenvalue weighted by Gasteiger charge is -2.08. The number of rotatable bonds is 0. The van der Waals surface area contributed by atoms with E-state index in [1.165, 1.54) is 0 Å². The Morgan fingerprint density at radius 2 is 0.857 bits per heavy atom. The van der Waals surface area contributed by atoms with Crippen molar-refractivity contribution in [3.8, 4) is 12.1 Å². The van der Waals surface area contributed by atoms with Gasteiger partial charge in [-0.2, -0.15) is 10.5 Å². The molecule has 0 aliphatic heterocycles. The largest absolute Gasteiger partial charge is 0.445 e. The number of benzene rings is 4.